The molecule has 0 bridgehead atoms. The molecule has 1 atom stereocenters. The fourth-order valence-corrected chi connectivity index (χ4v) is 3.17. The van der Waals surface area contributed by atoms with E-state index in [2.05, 4.69) is 40.2 Å². The fraction of sp³-hybridized carbons (Fsp3) is 0.0588. The van der Waals surface area contributed by atoms with Crippen molar-refractivity contribution in [1.29, 1.82) is 0 Å². The van der Waals surface area contributed by atoms with Crippen LogP contribution in [0.4, 0.5) is 0 Å². The van der Waals surface area contributed by atoms with Crippen molar-refractivity contribution in [1.82, 2.24) is 0 Å². The van der Waals surface area contributed by atoms with Gasteiger partial charge in [-0.15, -0.1) is 0 Å². The van der Waals surface area contributed by atoms with E-state index in [0.717, 1.165) is 26.4 Å². The van der Waals surface area contributed by atoms with E-state index in [9.17, 15) is 0 Å². The third-order valence-electron chi connectivity index (χ3n) is 3.50. The molecule has 1 nitrogen and oxygen atoms in total. The predicted molar refractivity (Wildman–Crippen MR) is 94.1 cm³/mol. The molecule has 21 heavy (non-hydrogen) atoms. The number of hydrogen-bond donors (Lipinski definition) is 1. The van der Waals surface area contributed by atoms with Gasteiger partial charge in [0.1, 0.15) is 0 Å². The quantitative estimate of drug-likeness (QED) is 0.583. The van der Waals surface area contributed by atoms with Crippen molar-refractivity contribution in [2.45, 2.75) is 6.04 Å². The summed E-state index contributed by atoms with van der Waals surface area (Å²) in [4.78, 5) is 0. The molecular weight excluding hydrogens is 369 g/mol. The second-order valence-electron chi connectivity index (χ2n) is 4.87. The summed E-state index contributed by atoms with van der Waals surface area (Å²) >= 11 is 15.8. The van der Waals surface area contributed by atoms with Crippen LogP contribution in [0.3, 0.4) is 0 Å². The van der Waals surface area contributed by atoms with Gasteiger partial charge in [0.15, 0.2) is 0 Å². The van der Waals surface area contributed by atoms with Crippen LogP contribution in [-0.2, 0) is 0 Å². The van der Waals surface area contributed by atoms with Crippen LogP contribution in [0.1, 0.15) is 17.2 Å². The van der Waals surface area contributed by atoms with Gasteiger partial charge in [-0.25, -0.2) is 0 Å². The predicted octanol–water partition coefficient (Wildman–Crippen LogP) is 5.96. The minimum atomic E-state index is -0.302. The third kappa shape index (κ3) is 2.95. The lowest BCUT2D eigenvalue weighted by atomic mass is 9.97. The van der Waals surface area contributed by atoms with Crippen molar-refractivity contribution in [3.63, 3.8) is 0 Å². The summed E-state index contributed by atoms with van der Waals surface area (Å²) in [5.74, 6) is 0. The molecule has 1 unspecified atom stereocenters. The zero-order valence-corrected chi connectivity index (χ0v) is 14.1. The molecule has 3 aromatic rings. The lowest BCUT2D eigenvalue weighted by molar-refractivity contribution is 0.874. The average Bonchev–Trinajstić information content (AvgIpc) is 2.49. The van der Waals surface area contributed by atoms with E-state index in [4.69, 9.17) is 28.9 Å². The zero-order chi connectivity index (χ0) is 15.0. The van der Waals surface area contributed by atoms with Crippen LogP contribution in [0.15, 0.2) is 59.1 Å². The topological polar surface area (TPSA) is 26.0 Å². The Labute approximate surface area is 141 Å². The number of hydrogen-bond acceptors (Lipinski definition) is 1. The molecule has 0 spiro atoms. The van der Waals surface area contributed by atoms with Gasteiger partial charge >= 0.3 is 0 Å². The zero-order valence-electron chi connectivity index (χ0n) is 11.0. The van der Waals surface area contributed by atoms with Crippen molar-refractivity contribution in [3.05, 3.63) is 80.2 Å². The molecule has 0 fully saturated rings. The second kappa shape index (κ2) is 5.98. The van der Waals surface area contributed by atoms with Gasteiger partial charge in [-0.1, -0.05) is 69.5 Å². The van der Waals surface area contributed by atoms with Gasteiger partial charge in [0.2, 0.25) is 0 Å². The highest BCUT2D eigenvalue weighted by atomic mass is 79.9. The van der Waals surface area contributed by atoms with E-state index < -0.39 is 0 Å². The van der Waals surface area contributed by atoms with Gasteiger partial charge < -0.3 is 5.73 Å². The van der Waals surface area contributed by atoms with Gasteiger partial charge in [0.05, 0.1) is 16.1 Å². The van der Waals surface area contributed by atoms with Crippen molar-refractivity contribution in [2.24, 2.45) is 5.73 Å². The number of halogens is 3. The molecule has 0 aliphatic carbocycles. The molecule has 0 aliphatic heterocycles. The molecular formula is C17H12BrCl2N. The molecule has 3 aromatic carbocycles. The summed E-state index contributed by atoms with van der Waals surface area (Å²) in [6.45, 7) is 0. The molecule has 0 saturated carbocycles. The summed E-state index contributed by atoms with van der Waals surface area (Å²) in [5.41, 5.74) is 8.20. The van der Waals surface area contributed by atoms with Crippen LogP contribution in [0.5, 0.6) is 0 Å². The summed E-state index contributed by atoms with van der Waals surface area (Å²) < 4.78 is 1.06. The Morgan fingerprint density at radius 1 is 0.905 bits per heavy atom. The summed E-state index contributed by atoms with van der Waals surface area (Å²) in [6, 6.07) is 17.6. The smallest absolute Gasteiger partial charge is 0.0643 e. The van der Waals surface area contributed by atoms with E-state index in [1.807, 2.05) is 24.3 Å². The van der Waals surface area contributed by atoms with Crippen LogP contribution in [0.25, 0.3) is 10.8 Å². The number of nitrogens with two attached hydrogens (primary N) is 1. The summed E-state index contributed by atoms with van der Waals surface area (Å²) in [7, 11) is 0. The first kappa shape index (κ1) is 14.9. The number of benzene rings is 3. The largest absolute Gasteiger partial charge is 0.320 e. The highest BCUT2D eigenvalue weighted by Gasteiger charge is 2.14. The second-order valence-corrected chi connectivity index (χ2v) is 6.57. The van der Waals surface area contributed by atoms with E-state index in [1.165, 1.54) is 0 Å². The van der Waals surface area contributed by atoms with Gasteiger partial charge in [-0.2, -0.15) is 0 Å². The minimum absolute atomic E-state index is 0.302. The highest BCUT2D eigenvalue weighted by Crippen LogP contribution is 2.33. The molecule has 0 aromatic heterocycles. The molecule has 106 valence electrons. The monoisotopic (exact) mass is 379 g/mol. The molecule has 0 radical (unpaired) electrons. The lowest BCUT2D eigenvalue weighted by Crippen LogP contribution is -2.12. The highest BCUT2D eigenvalue weighted by molar-refractivity contribution is 9.10. The molecule has 0 heterocycles. The Bertz CT molecular complexity index is 817. The normalized spacial score (nSPS) is 12.6. The molecule has 0 amide bonds. The van der Waals surface area contributed by atoms with Crippen LogP contribution in [0.2, 0.25) is 10.0 Å². The first-order chi connectivity index (χ1) is 10.1. The molecule has 0 aliphatic rings. The number of rotatable bonds is 2. The SMILES string of the molecule is NC(c1ccc2cc(Br)ccc2c1)c1cccc(Cl)c1Cl. The summed E-state index contributed by atoms with van der Waals surface area (Å²) in [6.07, 6.45) is 0. The van der Waals surface area contributed by atoms with Gasteiger partial charge in [0, 0.05) is 4.47 Å². The Balaban J connectivity index is 2.07. The van der Waals surface area contributed by atoms with Gasteiger partial charge in [-0.3, -0.25) is 0 Å². The molecule has 0 saturated heterocycles. The molecule has 2 N–H and O–H groups in total. The Morgan fingerprint density at radius 3 is 2.43 bits per heavy atom. The van der Waals surface area contributed by atoms with E-state index in [0.29, 0.717) is 10.0 Å². The van der Waals surface area contributed by atoms with E-state index >= 15 is 0 Å². The van der Waals surface area contributed by atoms with Crippen molar-refractivity contribution in [2.75, 3.05) is 0 Å². The van der Waals surface area contributed by atoms with Crippen LogP contribution in [-0.4, -0.2) is 0 Å². The van der Waals surface area contributed by atoms with Crippen LogP contribution in [0, 0.1) is 0 Å². The van der Waals surface area contributed by atoms with Crippen LogP contribution >= 0.6 is 39.1 Å². The van der Waals surface area contributed by atoms with Crippen molar-refractivity contribution in [3.8, 4) is 0 Å². The van der Waals surface area contributed by atoms with Crippen LogP contribution < -0.4 is 5.73 Å². The Kier molecular flexibility index (Phi) is 4.23. The van der Waals surface area contributed by atoms with Gasteiger partial charge in [-0.05, 0) is 46.2 Å². The maximum atomic E-state index is 6.35. The third-order valence-corrected chi connectivity index (χ3v) is 4.83. The molecule has 4 heteroatoms. The first-order valence-corrected chi connectivity index (χ1v) is 8.00. The molecule has 3 rings (SSSR count). The van der Waals surface area contributed by atoms with Crippen molar-refractivity contribution < 1.29 is 0 Å². The maximum absolute atomic E-state index is 6.35. The standard InChI is InChI=1S/C17H12BrCl2N/c18-13-7-6-10-8-12(5-4-11(10)9-13)17(21)14-2-1-3-15(19)16(14)20/h1-9,17H,21H2. The maximum Gasteiger partial charge on any atom is 0.0643 e. The average molecular weight is 381 g/mol. The Hall–Kier alpha value is -1.06. The lowest BCUT2D eigenvalue weighted by Gasteiger charge is -2.15. The fourth-order valence-electron chi connectivity index (χ4n) is 2.37. The minimum Gasteiger partial charge on any atom is -0.320 e. The Morgan fingerprint density at radius 2 is 1.62 bits per heavy atom. The number of fused-ring (bicyclic) bond motifs is 1. The first-order valence-electron chi connectivity index (χ1n) is 6.45. The van der Waals surface area contributed by atoms with E-state index in [-0.39, 0.29) is 6.04 Å². The van der Waals surface area contributed by atoms with Crippen molar-refractivity contribution >= 4 is 49.9 Å². The van der Waals surface area contributed by atoms with Gasteiger partial charge in [0.25, 0.3) is 0 Å². The summed E-state index contributed by atoms with van der Waals surface area (Å²) in [5, 5.41) is 3.35. The van der Waals surface area contributed by atoms with E-state index in [1.54, 1.807) is 6.07 Å².